The van der Waals surface area contributed by atoms with Crippen LogP contribution in [0.2, 0.25) is 0 Å². The van der Waals surface area contributed by atoms with E-state index in [-0.39, 0.29) is 24.1 Å². The van der Waals surface area contributed by atoms with Crippen molar-refractivity contribution in [2.45, 2.75) is 45.8 Å². The Hall–Kier alpha value is -3.06. The van der Waals surface area contributed by atoms with E-state index in [1.807, 2.05) is 82.3 Å². The van der Waals surface area contributed by atoms with Crippen molar-refractivity contribution in [2.24, 2.45) is 0 Å². The zero-order chi connectivity index (χ0) is 21.7. The van der Waals surface area contributed by atoms with Gasteiger partial charge < -0.3 is 10.2 Å². The van der Waals surface area contributed by atoms with E-state index in [0.717, 1.165) is 28.2 Å². The van der Waals surface area contributed by atoms with Gasteiger partial charge in [0.05, 0.1) is 0 Å². The Labute approximate surface area is 181 Å². The lowest BCUT2D eigenvalue weighted by Gasteiger charge is -2.33. The summed E-state index contributed by atoms with van der Waals surface area (Å²) >= 11 is 1.11. The molecule has 2 amide bonds. The summed E-state index contributed by atoms with van der Waals surface area (Å²) in [6.45, 7) is 8.02. The molecule has 1 N–H and O–H groups in total. The molecule has 0 fully saturated rings. The van der Waals surface area contributed by atoms with E-state index >= 15 is 0 Å². The molecule has 0 spiro atoms. The Kier molecular flexibility index (Phi) is 6.62. The first-order valence-corrected chi connectivity index (χ1v) is 10.6. The second-order valence-electron chi connectivity index (χ2n) is 8.26. The van der Waals surface area contributed by atoms with Gasteiger partial charge in [-0.05, 0) is 50.4 Å². The van der Waals surface area contributed by atoms with Gasteiger partial charge in [0, 0.05) is 17.5 Å². The summed E-state index contributed by atoms with van der Waals surface area (Å²) in [5.41, 5.74) is 2.54. The lowest BCUT2D eigenvalue weighted by molar-refractivity contribution is -0.127. The third-order valence-electron chi connectivity index (χ3n) is 4.49. The highest BCUT2D eigenvalue weighted by molar-refractivity contribution is 7.03. The topological polar surface area (TPSA) is 75.2 Å². The third kappa shape index (κ3) is 5.51. The standard InChI is InChI=1S/C23H26N4O2S/c1-16-10-12-18(13-11-16)20(21(28)24-23(2,3)4)27(14-17-8-6-5-7-9-17)22(29)19-15-30-26-25-19/h5-13,15,20H,14H2,1-4H3,(H,24,28). The van der Waals surface area contributed by atoms with Crippen molar-refractivity contribution in [3.8, 4) is 0 Å². The Morgan fingerprint density at radius 3 is 2.30 bits per heavy atom. The molecule has 3 rings (SSSR count). The van der Waals surface area contributed by atoms with Gasteiger partial charge in [-0.2, -0.15) is 0 Å². The fraction of sp³-hybridized carbons (Fsp3) is 0.304. The summed E-state index contributed by atoms with van der Waals surface area (Å²) in [6.07, 6.45) is 0. The van der Waals surface area contributed by atoms with Crippen molar-refractivity contribution in [3.63, 3.8) is 0 Å². The highest BCUT2D eigenvalue weighted by Gasteiger charge is 2.34. The van der Waals surface area contributed by atoms with Crippen LogP contribution < -0.4 is 5.32 Å². The number of nitrogens with zero attached hydrogens (tertiary/aromatic N) is 3. The Bertz CT molecular complexity index is 980. The first kappa shape index (κ1) is 21.6. The third-order valence-corrected chi connectivity index (χ3v) is 4.99. The average Bonchev–Trinajstić information content (AvgIpc) is 3.22. The first-order chi connectivity index (χ1) is 14.2. The largest absolute Gasteiger partial charge is 0.349 e. The molecule has 1 unspecified atom stereocenters. The van der Waals surface area contributed by atoms with Crippen LogP contribution in [-0.4, -0.2) is 31.8 Å². The number of hydrogen-bond acceptors (Lipinski definition) is 5. The van der Waals surface area contributed by atoms with Crippen LogP contribution in [0.1, 0.15) is 54.0 Å². The van der Waals surface area contributed by atoms with Crippen LogP contribution >= 0.6 is 11.5 Å². The lowest BCUT2D eigenvalue weighted by Crippen LogP contribution is -2.49. The SMILES string of the molecule is Cc1ccc(C(C(=O)NC(C)(C)C)N(Cc2ccccc2)C(=O)c2csnn2)cc1. The zero-order valence-corrected chi connectivity index (χ0v) is 18.4. The highest BCUT2D eigenvalue weighted by Crippen LogP contribution is 2.27. The molecule has 7 heteroatoms. The van der Waals surface area contributed by atoms with E-state index in [2.05, 4.69) is 14.9 Å². The predicted octanol–water partition coefficient (Wildman–Crippen LogP) is 4.14. The molecule has 0 aliphatic carbocycles. The molecule has 30 heavy (non-hydrogen) atoms. The minimum atomic E-state index is -0.806. The van der Waals surface area contributed by atoms with Crippen LogP contribution in [0.4, 0.5) is 0 Å². The van der Waals surface area contributed by atoms with Gasteiger partial charge in [0.25, 0.3) is 5.91 Å². The Morgan fingerprint density at radius 2 is 1.73 bits per heavy atom. The fourth-order valence-corrected chi connectivity index (χ4v) is 3.56. The summed E-state index contributed by atoms with van der Waals surface area (Å²) < 4.78 is 3.82. The van der Waals surface area contributed by atoms with Crippen LogP contribution in [0, 0.1) is 6.92 Å². The van der Waals surface area contributed by atoms with Crippen molar-refractivity contribution in [1.82, 2.24) is 19.8 Å². The summed E-state index contributed by atoms with van der Waals surface area (Å²) in [5, 5.41) is 8.59. The molecule has 0 saturated carbocycles. The Balaban J connectivity index is 2.07. The van der Waals surface area contributed by atoms with Crippen molar-refractivity contribution in [1.29, 1.82) is 0 Å². The van der Waals surface area contributed by atoms with Crippen LogP contribution in [0.5, 0.6) is 0 Å². The van der Waals surface area contributed by atoms with Crippen LogP contribution in [0.15, 0.2) is 60.0 Å². The molecule has 3 aromatic rings. The number of benzene rings is 2. The maximum Gasteiger partial charge on any atom is 0.276 e. The minimum absolute atomic E-state index is 0.233. The van der Waals surface area contributed by atoms with Gasteiger partial charge in [0.1, 0.15) is 6.04 Å². The lowest BCUT2D eigenvalue weighted by atomic mass is 9.99. The van der Waals surface area contributed by atoms with E-state index in [9.17, 15) is 9.59 Å². The molecule has 1 atom stereocenters. The molecular weight excluding hydrogens is 396 g/mol. The summed E-state index contributed by atoms with van der Waals surface area (Å²) in [4.78, 5) is 28.4. The molecule has 1 heterocycles. The van der Waals surface area contributed by atoms with Crippen molar-refractivity contribution in [3.05, 3.63) is 82.4 Å². The van der Waals surface area contributed by atoms with E-state index in [0.29, 0.717) is 0 Å². The van der Waals surface area contributed by atoms with Gasteiger partial charge in [0.2, 0.25) is 5.91 Å². The second kappa shape index (κ2) is 9.17. The quantitative estimate of drug-likeness (QED) is 0.648. The van der Waals surface area contributed by atoms with E-state index in [1.165, 1.54) is 0 Å². The average molecular weight is 423 g/mol. The molecule has 0 aliphatic heterocycles. The molecule has 0 aliphatic rings. The maximum atomic E-state index is 13.4. The Morgan fingerprint density at radius 1 is 1.07 bits per heavy atom. The molecule has 2 aromatic carbocycles. The van der Waals surface area contributed by atoms with E-state index in [1.54, 1.807) is 10.3 Å². The molecule has 0 bridgehead atoms. The van der Waals surface area contributed by atoms with E-state index in [4.69, 9.17) is 0 Å². The van der Waals surface area contributed by atoms with Gasteiger partial charge in [-0.1, -0.05) is 64.6 Å². The minimum Gasteiger partial charge on any atom is -0.349 e. The number of nitrogens with one attached hydrogen (secondary N) is 1. The number of aryl methyl sites for hydroxylation is 1. The fourth-order valence-electron chi connectivity index (χ4n) is 3.12. The van der Waals surface area contributed by atoms with Gasteiger partial charge >= 0.3 is 0 Å². The van der Waals surface area contributed by atoms with Crippen molar-refractivity contribution >= 4 is 23.3 Å². The van der Waals surface area contributed by atoms with Crippen LogP contribution in [-0.2, 0) is 11.3 Å². The smallest absolute Gasteiger partial charge is 0.276 e. The molecule has 0 radical (unpaired) electrons. The summed E-state index contributed by atoms with van der Waals surface area (Å²) in [6, 6.07) is 16.5. The maximum absolute atomic E-state index is 13.4. The monoisotopic (exact) mass is 422 g/mol. The van der Waals surface area contributed by atoms with E-state index < -0.39 is 11.6 Å². The molecule has 0 saturated heterocycles. The molecular formula is C23H26N4O2S. The first-order valence-electron chi connectivity index (χ1n) is 9.75. The van der Waals surface area contributed by atoms with Crippen molar-refractivity contribution in [2.75, 3.05) is 0 Å². The number of carbonyl (C=O) groups is 2. The summed E-state index contributed by atoms with van der Waals surface area (Å²) in [5.74, 6) is -0.568. The van der Waals surface area contributed by atoms with Crippen molar-refractivity contribution < 1.29 is 9.59 Å². The normalized spacial score (nSPS) is 12.3. The van der Waals surface area contributed by atoms with Gasteiger partial charge in [-0.15, -0.1) is 5.10 Å². The molecule has 156 valence electrons. The number of aromatic nitrogens is 2. The summed E-state index contributed by atoms with van der Waals surface area (Å²) in [7, 11) is 0. The van der Waals surface area contributed by atoms with Gasteiger partial charge in [-0.25, -0.2) is 0 Å². The number of carbonyl (C=O) groups excluding carboxylic acids is 2. The number of amides is 2. The number of hydrogen-bond donors (Lipinski definition) is 1. The number of rotatable bonds is 6. The molecule has 6 nitrogen and oxygen atoms in total. The predicted molar refractivity (Wildman–Crippen MR) is 118 cm³/mol. The zero-order valence-electron chi connectivity index (χ0n) is 17.6. The van der Waals surface area contributed by atoms with Crippen LogP contribution in [0.25, 0.3) is 0 Å². The van der Waals surface area contributed by atoms with Gasteiger partial charge in [0.15, 0.2) is 5.69 Å². The highest BCUT2D eigenvalue weighted by atomic mass is 32.1. The van der Waals surface area contributed by atoms with Crippen LogP contribution in [0.3, 0.4) is 0 Å². The molecule has 1 aromatic heterocycles. The van der Waals surface area contributed by atoms with Gasteiger partial charge in [-0.3, -0.25) is 9.59 Å². The second-order valence-corrected chi connectivity index (χ2v) is 8.87.